The zero-order chi connectivity index (χ0) is 14.0. The first kappa shape index (κ1) is 13.6. The minimum Gasteiger partial charge on any atom is -0.342 e. The molecule has 3 heteroatoms. The molecule has 0 bridgehead atoms. The van der Waals surface area contributed by atoms with Crippen molar-refractivity contribution in [1.29, 1.82) is 0 Å². The predicted octanol–water partition coefficient (Wildman–Crippen LogP) is 2.17. The van der Waals surface area contributed by atoms with Crippen LogP contribution in [0.2, 0.25) is 0 Å². The molecule has 1 amide bonds. The molecular formula is C17H24N2O. The van der Waals surface area contributed by atoms with E-state index in [1.54, 1.807) is 0 Å². The summed E-state index contributed by atoms with van der Waals surface area (Å²) in [6.45, 7) is 4.24. The van der Waals surface area contributed by atoms with E-state index >= 15 is 0 Å². The Labute approximate surface area is 121 Å². The van der Waals surface area contributed by atoms with Gasteiger partial charge >= 0.3 is 0 Å². The van der Waals surface area contributed by atoms with Crippen LogP contribution in [0.3, 0.4) is 0 Å². The van der Waals surface area contributed by atoms with E-state index in [0.29, 0.717) is 17.7 Å². The Kier molecular flexibility index (Phi) is 3.79. The van der Waals surface area contributed by atoms with Crippen molar-refractivity contribution in [2.75, 3.05) is 33.2 Å². The highest BCUT2D eigenvalue weighted by molar-refractivity contribution is 5.78. The summed E-state index contributed by atoms with van der Waals surface area (Å²) in [7, 11) is 2.19. The van der Waals surface area contributed by atoms with E-state index in [1.165, 1.54) is 19.4 Å². The van der Waals surface area contributed by atoms with E-state index in [4.69, 9.17) is 0 Å². The molecule has 2 saturated heterocycles. The highest BCUT2D eigenvalue weighted by atomic mass is 16.2. The molecule has 1 spiro atoms. The monoisotopic (exact) mass is 272 g/mol. The summed E-state index contributed by atoms with van der Waals surface area (Å²) in [5.74, 6) is 0.296. The number of carbonyl (C=O) groups is 1. The first-order valence-electron chi connectivity index (χ1n) is 7.67. The fraction of sp³-hybridized carbons (Fsp3) is 0.588. The van der Waals surface area contributed by atoms with Crippen LogP contribution in [0.1, 0.15) is 24.8 Å². The number of likely N-dealkylation sites (tertiary alicyclic amines) is 2. The van der Waals surface area contributed by atoms with Crippen LogP contribution in [0.25, 0.3) is 0 Å². The van der Waals surface area contributed by atoms with Crippen LogP contribution >= 0.6 is 0 Å². The quantitative estimate of drug-likeness (QED) is 0.824. The third-order valence-electron chi connectivity index (χ3n) is 4.84. The molecule has 0 aliphatic carbocycles. The van der Waals surface area contributed by atoms with Crippen LogP contribution in [0.4, 0.5) is 0 Å². The van der Waals surface area contributed by atoms with Crippen molar-refractivity contribution < 1.29 is 4.79 Å². The number of hydrogen-bond acceptors (Lipinski definition) is 2. The highest BCUT2D eigenvalue weighted by Gasteiger charge is 2.41. The lowest BCUT2D eigenvalue weighted by Gasteiger charge is -2.40. The molecule has 0 radical (unpaired) electrons. The summed E-state index contributed by atoms with van der Waals surface area (Å²) in [5, 5.41) is 0. The number of piperidine rings is 1. The van der Waals surface area contributed by atoms with E-state index < -0.39 is 0 Å². The smallest absolute Gasteiger partial charge is 0.227 e. The maximum absolute atomic E-state index is 12.5. The maximum atomic E-state index is 12.5. The molecule has 0 N–H and O–H groups in total. The molecule has 3 rings (SSSR count). The molecule has 0 aromatic heterocycles. The minimum absolute atomic E-state index is 0.296. The van der Waals surface area contributed by atoms with E-state index in [0.717, 1.165) is 31.6 Å². The molecular weight excluding hydrogens is 248 g/mol. The second-order valence-corrected chi connectivity index (χ2v) is 6.57. The Bertz CT molecular complexity index is 469. The van der Waals surface area contributed by atoms with Crippen LogP contribution in [-0.4, -0.2) is 48.9 Å². The van der Waals surface area contributed by atoms with Crippen molar-refractivity contribution in [2.24, 2.45) is 5.41 Å². The fourth-order valence-electron chi connectivity index (χ4n) is 3.79. The summed E-state index contributed by atoms with van der Waals surface area (Å²) in [6, 6.07) is 10.1. The topological polar surface area (TPSA) is 23.6 Å². The Morgan fingerprint density at radius 1 is 1.15 bits per heavy atom. The van der Waals surface area contributed by atoms with Gasteiger partial charge in [0.1, 0.15) is 0 Å². The van der Waals surface area contributed by atoms with Gasteiger partial charge in [0.05, 0.1) is 6.42 Å². The normalized spacial score (nSPS) is 27.1. The van der Waals surface area contributed by atoms with Gasteiger partial charge < -0.3 is 9.80 Å². The van der Waals surface area contributed by atoms with Crippen LogP contribution in [0, 0.1) is 5.41 Å². The van der Waals surface area contributed by atoms with E-state index in [9.17, 15) is 4.79 Å². The zero-order valence-corrected chi connectivity index (χ0v) is 12.3. The lowest BCUT2D eigenvalue weighted by Crippen LogP contribution is -2.47. The predicted molar refractivity (Wildman–Crippen MR) is 80.5 cm³/mol. The van der Waals surface area contributed by atoms with Crippen LogP contribution < -0.4 is 0 Å². The summed E-state index contributed by atoms with van der Waals surface area (Å²) in [5.41, 5.74) is 1.50. The van der Waals surface area contributed by atoms with Crippen LogP contribution in [-0.2, 0) is 11.2 Å². The van der Waals surface area contributed by atoms with Crippen molar-refractivity contribution in [2.45, 2.75) is 25.7 Å². The Hall–Kier alpha value is -1.35. The molecule has 108 valence electrons. The number of amides is 1. The van der Waals surface area contributed by atoms with Gasteiger partial charge in [-0.05, 0) is 38.4 Å². The van der Waals surface area contributed by atoms with Crippen molar-refractivity contribution in [1.82, 2.24) is 9.80 Å². The van der Waals surface area contributed by atoms with Gasteiger partial charge in [0.2, 0.25) is 5.91 Å². The zero-order valence-electron chi connectivity index (χ0n) is 12.3. The fourth-order valence-corrected chi connectivity index (χ4v) is 3.79. The number of carbonyl (C=O) groups excluding carboxylic acids is 1. The summed E-state index contributed by atoms with van der Waals surface area (Å²) < 4.78 is 0. The first-order chi connectivity index (χ1) is 9.67. The van der Waals surface area contributed by atoms with Crippen LogP contribution in [0.5, 0.6) is 0 Å². The van der Waals surface area contributed by atoms with Gasteiger partial charge in [-0.3, -0.25) is 4.79 Å². The average molecular weight is 272 g/mol. The van der Waals surface area contributed by atoms with Gasteiger partial charge in [0, 0.05) is 25.0 Å². The van der Waals surface area contributed by atoms with Gasteiger partial charge in [-0.2, -0.15) is 0 Å². The van der Waals surface area contributed by atoms with Gasteiger partial charge in [-0.15, -0.1) is 0 Å². The molecule has 2 aliphatic rings. The van der Waals surface area contributed by atoms with Crippen molar-refractivity contribution in [3.63, 3.8) is 0 Å². The lowest BCUT2D eigenvalue weighted by molar-refractivity contribution is -0.133. The Balaban J connectivity index is 1.63. The number of nitrogens with zero attached hydrogens (tertiary/aromatic N) is 2. The number of benzene rings is 1. The molecule has 20 heavy (non-hydrogen) atoms. The van der Waals surface area contributed by atoms with Crippen molar-refractivity contribution in [3.05, 3.63) is 35.9 Å². The molecule has 1 aromatic carbocycles. The van der Waals surface area contributed by atoms with Gasteiger partial charge in [0.25, 0.3) is 0 Å². The molecule has 1 atom stereocenters. The Morgan fingerprint density at radius 3 is 2.65 bits per heavy atom. The third-order valence-corrected chi connectivity index (χ3v) is 4.84. The van der Waals surface area contributed by atoms with Crippen molar-refractivity contribution in [3.8, 4) is 0 Å². The summed E-state index contributed by atoms with van der Waals surface area (Å²) in [6.07, 6.45) is 4.24. The van der Waals surface area contributed by atoms with Crippen LogP contribution in [0.15, 0.2) is 30.3 Å². The second kappa shape index (κ2) is 5.57. The molecule has 1 aromatic rings. The minimum atomic E-state index is 0.296. The lowest BCUT2D eigenvalue weighted by atomic mass is 9.79. The second-order valence-electron chi connectivity index (χ2n) is 6.57. The summed E-state index contributed by atoms with van der Waals surface area (Å²) >= 11 is 0. The van der Waals surface area contributed by atoms with Crippen molar-refractivity contribution >= 4 is 5.91 Å². The number of rotatable bonds is 2. The van der Waals surface area contributed by atoms with Gasteiger partial charge in [0.15, 0.2) is 0 Å². The number of hydrogen-bond donors (Lipinski definition) is 0. The van der Waals surface area contributed by atoms with E-state index in [1.807, 2.05) is 30.3 Å². The van der Waals surface area contributed by atoms with E-state index in [-0.39, 0.29) is 0 Å². The summed E-state index contributed by atoms with van der Waals surface area (Å²) in [4.78, 5) is 17.0. The molecule has 2 aliphatic heterocycles. The highest BCUT2D eigenvalue weighted by Crippen LogP contribution is 2.38. The molecule has 0 unspecified atom stereocenters. The first-order valence-corrected chi connectivity index (χ1v) is 7.67. The van der Waals surface area contributed by atoms with E-state index in [2.05, 4.69) is 16.8 Å². The molecule has 2 fully saturated rings. The third kappa shape index (κ3) is 2.88. The van der Waals surface area contributed by atoms with Gasteiger partial charge in [-0.25, -0.2) is 0 Å². The molecule has 2 heterocycles. The average Bonchev–Trinajstić information content (AvgIpc) is 2.80. The SMILES string of the molecule is CN1CC[C@]2(CCCN(C(=O)Cc3ccccc3)C2)C1. The Morgan fingerprint density at radius 2 is 1.95 bits per heavy atom. The molecule has 0 saturated carbocycles. The van der Waals surface area contributed by atoms with Gasteiger partial charge in [-0.1, -0.05) is 30.3 Å². The largest absolute Gasteiger partial charge is 0.342 e. The molecule has 3 nitrogen and oxygen atoms in total. The maximum Gasteiger partial charge on any atom is 0.227 e. The standard InChI is InChI=1S/C17H24N2O/c1-18-11-9-17(13-18)8-5-10-19(14-17)16(20)12-15-6-3-2-4-7-15/h2-4,6-7H,5,8-14H2,1H3/t17-/m1/s1.